The molecule has 0 bridgehead atoms. The summed E-state index contributed by atoms with van der Waals surface area (Å²) in [5, 5.41) is 6.60. The first-order valence-electron chi connectivity index (χ1n) is 6.69. The molecule has 0 aliphatic carbocycles. The molecule has 1 aliphatic rings. The van der Waals surface area contributed by atoms with Crippen LogP contribution in [0.2, 0.25) is 0 Å². The van der Waals surface area contributed by atoms with Crippen LogP contribution in [0.3, 0.4) is 0 Å². The number of thiophene rings is 1. The summed E-state index contributed by atoms with van der Waals surface area (Å²) in [6, 6.07) is 15.3. The maximum absolute atomic E-state index is 12.2. The van der Waals surface area contributed by atoms with E-state index in [1.807, 2.05) is 18.2 Å². The summed E-state index contributed by atoms with van der Waals surface area (Å²) < 4.78 is 25.6. The summed E-state index contributed by atoms with van der Waals surface area (Å²) in [6.07, 6.45) is 0. The first-order chi connectivity index (χ1) is 10.1. The SMILES string of the molecule is O=S1(=O)CC(Nc2ccc3sccc3c2)c2ccccc21. The van der Waals surface area contributed by atoms with Crippen LogP contribution >= 0.6 is 11.3 Å². The molecule has 21 heavy (non-hydrogen) atoms. The number of sulfone groups is 1. The van der Waals surface area contributed by atoms with Crippen molar-refractivity contribution in [3.05, 3.63) is 59.5 Å². The molecule has 2 heterocycles. The minimum atomic E-state index is -3.17. The summed E-state index contributed by atoms with van der Waals surface area (Å²) in [7, 11) is -3.17. The molecule has 1 unspecified atom stereocenters. The van der Waals surface area contributed by atoms with Gasteiger partial charge in [0.25, 0.3) is 0 Å². The predicted molar refractivity (Wildman–Crippen MR) is 86.7 cm³/mol. The van der Waals surface area contributed by atoms with Gasteiger partial charge in [-0.3, -0.25) is 0 Å². The van der Waals surface area contributed by atoms with Gasteiger partial charge in [0.1, 0.15) is 0 Å². The molecule has 0 saturated carbocycles. The van der Waals surface area contributed by atoms with Crippen molar-refractivity contribution in [1.29, 1.82) is 0 Å². The minimum absolute atomic E-state index is 0.119. The van der Waals surface area contributed by atoms with E-state index in [-0.39, 0.29) is 11.8 Å². The maximum Gasteiger partial charge on any atom is 0.181 e. The lowest BCUT2D eigenvalue weighted by atomic mass is 10.1. The van der Waals surface area contributed by atoms with E-state index < -0.39 is 9.84 Å². The van der Waals surface area contributed by atoms with Crippen LogP contribution in [-0.4, -0.2) is 14.2 Å². The minimum Gasteiger partial charge on any atom is -0.377 e. The van der Waals surface area contributed by atoms with Gasteiger partial charge in [0.15, 0.2) is 9.84 Å². The fourth-order valence-electron chi connectivity index (χ4n) is 2.83. The van der Waals surface area contributed by atoms with Crippen molar-refractivity contribution in [3.8, 4) is 0 Å². The maximum atomic E-state index is 12.2. The fraction of sp³-hybridized carbons (Fsp3) is 0.125. The highest BCUT2D eigenvalue weighted by Crippen LogP contribution is 2.36. The van der Waals surface area contributed by atoms with E-state index in [1.165, 1.54) is 10.1 Å². The number of nitrogens with one attached hydrogen (secondary N) is 1. The molecule has 1 N–H and O–H groups in total. The van der Waals surface area contributed by atoms with Crippen LogP contribution in [0, 0.1) is 0 Å². The Morgan fingerprint density at radius 3 is 2.86 bits per heavy atom. The topological polar surface area (TPSA) is 46.2 Å². The molecule has 0 spiro atoms. The molecule has 0 amide bonds. The van der Waals surface area contributed by atoms with Crippen LogP contribution in [0.25, 0.3) is 10.1 Å². The number of benzene rings is 2. The van der Waals surface area contributed by atoms with E-state index in [1.54, 1.807) is 23.5 Å². The lowest BCUT2D eigenvalue weighted by Gasteiger charge is -2.14. The highest BCUT2D eigenvalue weighted by molar-refractivity contribution is 7.91. The quantitative estimate of drug-likeness (QED) is 0.781. The smallest absolute Gasteiger partial charge is 0.181 e. The second-order valence-corrected chi connectivity index (χ2v) is 8.14. The Balaban J connectivity index is 1.72. The highest BCUT2D eigenvalue weighted by Gasteiger charge is 2.34. The Kier molecular flexibility index (Phi) is 2.80. The Labute approximate surface area is 127 Å². The monoisotopic (exact) mass is 315 g/mol. The highest BCUT2D eigenvalue weighted by atomic mass is 32.2. The Morgan fingerprint density at radius 2 is 1.95 bits per heavy atom. The summed E-state index contributed by atoms with van der Waals surface area (Å²) >= 11 is 1.70. The zero-order valence-electron chi connectivity index (χ0n) is 11.1. The van der Waals surface area contributed by atoms with E-state index >= 15 is 0 Å². The standard InChI is InChI=1S/C16H13NO2S2/c18-21(19)10-14(13-3-1-2-4-16(13)21)17-12-5-6-15-11(9-12)7-8-20-15/h1-9,14,17H,10H2. The molecule has 5 heteroatoms. The van der Waals surface area contributed by atoms with Gasteiger partial charge in [-0.15, -0.1) is 11.3 Å². The lowest BCUT2D eigenvalue weighted by molar-refractivity contribution is 0.598. The average molecular weight is 315 g/mol. The van der Waals surface area contributed by atoms with Gasteiger partial charge in [-0.25, -0.2) is 8.42 Å². The molecular weight excluding hydrogens is 302 g/mol. The molecule has 0 radical (unpaired) electrons. The van der Waals surface area contributed by atoms with Crippen LogP contribution in [0.15, 0.2) is 58.8 Å². The van der Waals surface area contributed by atoms with E-state index in [2.05, 4.69) is 28.9 Å². The Morgan fingerprint density at radius 1 is 1.10 bits per heavy atom. The normalized spacial score (nSPS) is 19.5. The third-order valence-corrected chi connectivity index (χ3v) is 6.52. The van der Waals surface area contributed by atoms with Crippen molar-refractivity contribution < 1.29 is 8.42 Å². The molecule has 1 aliphatic heterocycles. The van der Waals surface area contributed by atoms with Crippen LogP contribution in [-0.2, 0) is 9.84 Å². The van der Waals surface area contributed by atoms with E-state index in [4.69, 9.17) is 0 Å². The predicted octanol–water partition coefficient (Wildman–Crippen LogP) is 3.84. The summed E-state index contributed by atoms with van der Waals surface area (Å²) in [5.74, 6) is 0.119. The number of anilines is 1. The first-order valence-corrected chi connectivity index (χ1v) is 9.22. The summed E-state index contributed by atoms with van der Waals surface area (Å²) in [4.78, 5) is 0.458. The largest absolute Gasteiger partial charge is 0.377 e. The third-order valence-electron chi connectivity index (χ3n) is 3.81. The number of fused-ring (bicyclic) bond motifs is 2. The Bertz CT molecular complexity index is 928. The Hall–Kier alpha value is -1.85. The third kappa shape index (κ3) is 2.13. The number of rotatable bonds is 2. The molecule has 0 saturated heterocycles. The number of hydrogen-bond acceptors (Lipinski definition) is 4. The molecule has 1 atom stereocenters. The van der Waals surface area contributed by atoms with Gasteiger partial charge >= 0.3 is 0 Å². The summed E-state index contributed by atoms with van der Waals surface area (Å²) in [6.45, 7) is 0. The van der Waals surface area contributed by atoms with Gasteiger partial charge in [-0.1, -0.05) is 18.2 Å². The van der Waals surface area contributed by atoms with Gasteiger partial charge in [0.05, 0.1) is 16.7 Å². The van der Waals surface area contributed by atoms with Crippen molar-refractivity contribution in [1.82, 2.24) is 0 Å². The van der Waals surface area contributed by atoms with Gasteiger partial charge in [0.2, 0.25) is 0 Å². The average Bonchev–Trinajstić information content (AvgIpc) is 3.02. The van der Waals surface area contributed by atoms with Crippen molar-refractivity contribution in [2.24, 2.45) is 0 Å². The molecule has 2 aromatic carbocycles. The van der Waals surface area contributed by atoms with Crippen molar-refractivity contribution in [2.75, 3.05) is 11.1 Å². The van der Waals surface area contributed by atoms with Crippen molar-refractivity contribution in [3.63, 3.8) is 0 Å². The second-order valence-electron chi connectivity index (χ2n) is 5.19. The van der Waals surface area contributed by atoms with Crippen LogP contribution in [0.1, 0.15) is 11.6 Å². The first kappa shape index (κ1) is 12.9. The van der Waals surface area contributed by atoms with Crippen LogP contribution in [0.4, 0.5) is 5.69 Å². The molecule has 4 rings (SSSR count). The molecule has 0 fully saturated rings. The van der Waals surface area contributed by atoms with Crippen LogP contribution in [0.5, 0.6) is 0 Å². The molecular formula is C16H13NO2S2. The van der Waals surface area contributed by atoms with Gasteiger partial charge < -0.3 is 5.32 Å². The second kappa shape index (κ2) is 4.58. The molecule has 106 valence electrons. The lowest BCUT2D eigenvalue weighted by Crippen LogP contribution is -2.12. The molecule has 1 aromatic heterocycles. The molecule has 3 aromatic rings. The van der Waals surface area contributed by atoms with Crippen LogP contribution < -0.4 is 5.32 Å². The van der Waals surface area contributed by atoms with Crippen molar-refractivity contribution >= 4 is 36.9 Å². The summed E-state index contributed by atoms with van der Waals surface area (Å²) in [5.41, 5.74) is 1.82. The molecule has 3 nitrogen and oxygen atoms in total. The van der Waals surface area contributed by atoms with Gasteiger partial charge in [0, 0.05) is 10.4 Å². The van der Waals surface area contributed by atoms with Gasteiger partial charge in [-0.05, 0) is 46.7 Å². The van der Waals surface area contributed by atoms with Crippen molar-refractivity contribution in [2.45, 2.75) is 10.9 Å². The van der Waals surface area contributed by atoms with E-state index in [0.717, 1.165) is 11.3 Å². The zero-order chi connectivity index (χ0) is 14.4. The van der Waals surface area contributed by atoms with Gasteiger partial charge in [-0.2, -0.15) is 0 Å². The zero-order valence-corrected chi connectivity index (χ0v) is 12.7. The number of hydrogen-bond donors (Lipinski definition) is 1. The van der Waals surface area contributed by atoms with E-state index in [0.29, 0.717) is 4.90 Å². The van der Waals surface area contributed by atoms with E-state index in [9.17, 15) is 8.42 Å². The fourth-order valence-corrected chi connectivity index (χ4v) is 5.34.